The van der Waals surface area contributed by atoms with Crippen LogP contribution in [0.5, 0.6) is 0 Å². The van der Waals surface area contributed by atoms with Crippen LogP contribution in [0.3, 0.4) is 0 Å². The summed E-state index contributed by atoms with van der Waals surface area (Å²) in [6.45, 7) is 3.35. The van der Waals surface area contributed by atoms with Gasteiger partial charge in [0.15, 0.2) is 0 Å². The Balaban J connectivity index is 2.69. The van der Waals surface area contributed by atoms with E-state index in [2.05, 4.69) is 5.32 Å². The fourth-order valence-electron chi connectivity index (χ4n) is 1.26. The van der Waals surface area contributed by atoms with E-state index in [-0.39, 0.29) is 12.5 Å². The fraction of sp³-hybridized carbons (Fsp3) is 0.417. The van der Waals surface area contributed by atoms with E-state index in [9.17, 15) is 4.79 Å². The number of benzene rings is 1. The summed E-state index contributed by atoms with van der Waals surface area (Å²) in [5, 5.41) is 11.7. The second-order valence-electron chi connectivity index (χ2n) is 4.42. The summed E-state index contributed by atoms with van der Waals surface area (Å²) in [5.74, 6) is -0.287. The molecule has 0 bridgehead atoms. The molecule has 0 heterocycles. The summed E-state index contributed by atoms with van der Waals surface area (Å²) in [4.78, 5) is 11.8. The highest BCUT2D eigenvalue weighted by molar-refractivity contribution is 5.83. The van der Waals surface area contributed by atoms with Gasteiger partial charge in [-0.15, -0.1) is 0 Å². The molecule has 4 nitrogen and oxygen atoms in total. The second-order valence-corrected chi connectivity index (χ2v) is 4.42. The molecule has 0 radical (unpaired) electrons. The Morgan fingerprint density at radius 2 is 2.00 bits per heavy atom. The predicted molar refractivity (Wildman–Crippen MR) is 62.7 cm³/mol. The first kappa shape index (κ1) is 12.7. The average molecular weight is 222 g/mol. The SMILES string of the molecule is CC(C)(CO)NC(=O)[C@@H](N)c1ccccc1. The number of hydrogen-bond donors (Lipinski definition) is 3. The molecule has 1 aromatic rings. The topological polar surface area (TPSA) is 75.3 Å². The van der Waals surface area contributed by atoms with E-state index in [0.717, 1.165) is 5.56 Å². The molecule has 0 unspecified atom stereocenters. The van der Waals surface area contributed by atoms with Crippen LogP contribution in [0.2, 0.25) is 0 Å². The number of aliphatic hydroxyl groups is 1. The molecule has 0 aliphatic carbocycles. The van der Waals surface area contributed by atoms with E-state index in [1.54, 1.807) is 26.0 Å². The van der Waals surface area contributed by atoms with Gasteiger partial charge in [0.1, 0.15) is 6.04 Å². The van der Waals surface area contributed by atoms with Crippen molar-refractivity contribution in [2.24, 2.45) is 5.73 Å². The Hall–Kier alpha value is -1.39. The summed E-state index contributed by atoms with van der Waals surface area (Å²) in [5.41, 5.74) is 5.92. The van der Waals surface area contributed by atoms with Crippen LogP contribution in [-0.2, 0) is 4.79 Å². The first-order valence-corrected chi connectivity index (χ1v) is 5.20. The van der Waals surface area contributed by atoms with E-state index >= 15 is 0 Å². The van der Waals surface area contributed by atoms with Gasteiger partial charge in [-0.05, 0) is 19.4 Å². The molecule has 4 N–H and O–H groups in total. The minimum atomic E-state index is -0.702. The van der Waals surface area contributed by atoms with Crippen LogP contribution < -0.4 is 11.1 Å². The lowest BCUT2D eigenvalue weighted by molar-refractivity contribution is -0.124. The van der Waals surface area contributed by atoms with Crippen molar-refractivity contribution in [1.82, 2.24) is 5.32 Å². The number of nitrogens with two attached hydrogens (primary N) is 1. The molecule has 0 fully saturated rings. The fourth-order valence-corrected chi connectivity index (χ4v) is 1.26. The van der Waals surface area contributed by atoms with Crippen molar-refractivity contribution in [1.29, 1.82) is 0 Å². The van der Waals surface area contributed by atoms with Crippen LogP contribution in [0.1, 0.15) is 25.5 Å². The molecule has 0 aliphatic rings. The number of carbonyl (C=O) groups excluding carboxylic acids is 1. The van der Waals surface area contributed by atoms with Gasteiger partial charge in [-0.3, -0.25) is 4.79 Å². The Kier molecular flexibility index (Phi) is 4.04. The van der Waals surface area contributed by atoms with Crippen molar-refractivity contribution in [3.63, 3.8) is 0 Å². The number of hydrogen-bond acceptors (Lipinski definition) is 3. The van der Waals surface area contributed by atoms with Gasteiger partial charge < -0.3 is 16.2 Å². The van der Waals surface area contributed by atoms with E-state index in [1.807, 2.05) is 18.2 Å². The van der Waals surface area contributed by atoms with Gasteiger partial charge in [0.05, 0.1) is 12.1 Å². The van der Waals surface area contributed by atoms with Crippen molar-refractivity contribution in [2.75, 3.05) is 6.61 Å². The summed E-state index contributed by atoms with van der Waals surface area (Å²) in [6.07, 6.45) is 0. The summed E-state index contributed by atoms with van der Waals surface area (Å²) < 4.78 is 0. The molecule has 1 rings (SSSR count). The van der Waals surface area contributed by atoms with Crippen LogP contribution in [0, 0.1) is 0 Å². The molecule has 16 heavy (non-hydrogen) atoms. The molecule has 0 saturated heterocycles. The van der Waals surface area contributed by atoms with Gasteiger partial charge in [-0.2, -0.15) is 0 Å². The molecular formula is C12H18N2O2. The van der Waals surface area contributed by atoms with Gasteiger partial charge in [0, 0.05) is 0 Å². The number of aliphatic hydroxyl groups excluding tert-OH is 1. The molecule has 1 aromatic carbocycles. The Morgan fingerprint density at radius 1 is 1.44 bits per heavy atom. The monoisotopic (exact) mass is 222 g/mol. The highest BCUT2D eigenvalue weighted by atomic mass is 16.3. The Bertz CT molecular complexity index is 349. The van der Waals surface area contributed by atoms with Gasteiger partial charge in [-0.25, -0.2) is 0 Å². The maximum absolute atomic E-state index is 11.8. The van der Waals surface area contributed by atoms with Crippen LogP contribution in [0.15, 0.2) is 30.3 Å². The average Bonchev–Trinajstić information content (AvgIpc) is 2.28. The van der Waals surface area contributed by atoms with Crippen molar-refractivity contribution in [2.45, 2.75) is 25.4 Å². The number of nitrogens with one attached hydrogen (secondary N) is 1. The Labute approximate surface area is 95.5 Å². The van der Waals surface area contributed by atoms with Gasteiger partial charge in [-0.1, -0.05) is 30.3 Å². The summed E-state index contributed by atoms with van der Waals surface area (Å²) in [7, 11) is 0. The molecule has 0 saturated carbocycles. The van der Waals surface area contributed by atoms with E-state index in [4.69, 9.17) is 10.8 Å². The van der Waals surface area contributed by atoms with Crippen LogP contribution in [0.4, 0.5) is 0 Å². The standard InChI is InChI=1S/C12H18N2O2/c1-12(2,8-15)14-11(16)10(13)9-6-4-3-5-7-9/h3-7,10,15H,8,13H2,1-2H3,(H,14,16)/t10-/m0/s1. The first-order chi connectivity index (χ1) is 7.46. The van der Waals surface area contributed by atoms with E-state index < -0.39 is 11.6 Å². The van der Waals surface area contributed by atoms with Crippen LogP contribution >= 0.6 is 0 Å². The molecular weight excluding hydrogens is 204 g/mol. The third-order valence-electron chi connectivity index (χ3n) is 2.30. The van der Waals surface area contributed by atoms with Crippen molar-refractivity contribution < 1.29 is 9.90 Å². The zero-order valence-corrected chi connectivity index (χ0v) is 9.60. The summed E-state index contributed by atoms with van der Waals surface area (Å²) in [6, 6.07) is 8.43. The molecule has 1 atom stereocenters. The minimum absolute atomic E-state index is 0.125. The van der Waals surface area contributed by atoms with Gasteiger partial charge in [0.25, 0.3) is 0 Å². The van der Waals surface area contributed by atoms with Crippen LogP contribution in [-0.4, -0.2) is 23.2 Å². The third kappa shape index (κ3) is 3.32. The molecule has 1 amide bonds. The lowest BCUT2D eigenvalue weighted by Gasteiger charge is -2.25. The Morgan fingerprint density at radius 3 is 2.50 bits per heavy atom. The number of rotatable bonds is 4. The lowest BCUT2D eigenvalue weighted by atomic mass is 10.0. The zero-order chi connectivity index (χ0) is 12.2. The molecule has 88 valence electrons. The van der Waals surface area contributed by atoms with Crippen molar-refractivity contribution in [3.8, 4) is 0 Å². The number of amides is 1. The smallest absolute Gasteiger partial charge is 0.242 e. The van der Waals surface area contributed by atoms with Gasteiger partial charge in [0.2, 0.25) is 5.91 Å². The van der Waals surface area contributed by atoms with Crippen molar-refractivity contribution in [3.05, 3.63) is 35.9 Å². The minimum Gasteiger partial charge on any atom is -0.394 e. The zero-order valence-electron chi connectivity index (χ0n) is 9.60. The molecule has 0 spiro atoms. The van der Waals surface area contributed by atoms with E-state index in [1.165, 1.54) is 0 Å². The second kappa shape index (κ2) is 5.09. The maximum Gasteiger partial charge on any atom is 0.242 e. The summed E-state index contributed by atoms with van der Waals surface area (Å²) >= 11 is 0. The highest BCUT2D eigenvalue weighted by Crippen LogP contribution is 2.11. The van der Waals surface area contributed by atoms with E-state index in [0.29, 0.717) is 0 Å². The highest BCUT2D eigenvalue weighted by Gasteiger charge is 2.23. The van der Waals surface area contributed by atoms with Crippen LogP contribution in [0.25, 0.3) is 0 Å². The van der Waals surface area contributed by atoms with Crippen molar-refractivity contribution >= 4 is 5.91 Å². The lowest BCUT2D eigenvalue weighted by Crippen LogP contribution is -2.49. The first-order valence-electron chi connectivity index (χ1n) is 5.20. The quantitative estimate of drug-likeness (QED) is 0.697. The number of carbonyl (C=O) groups is 1. The molecule has 4 heteroatoms. The molecule has 0 aliphatic heterocycles. The largest absolute Gasteiger partial charge is 0.394 e. The predicted octanol–water partition coefficient (Wildman–Crippen LogP) is 0.573. The third-order valence-corrected chi connectivity index (χ3v) is 2.30. The normalized spacial score (nSPS) is 13.2. The van der Waals surface area contributed by atoms with Gasteiger partial charge >= 0.3 is 0 Å². The molecule has 0 aromatic heterocycles. The maximum atomic E-state index is 11.8.